The molecule has 0 aliphatic heterocycles. The van der Waals surface area contributed by atoms with Crippen LogP contribution in [0.25, 0.3) is 27.7 Å². The Balaban J connectivity index is 1.42. The van der Waals surface area contributed by atoms with Crippen LogP contribution >= 0.6 is 0 Å². The smallest absolute Gasteiger partial charge is 0.251 e. The van der Waals surface area contributed by atoms with Gasteiger partial charge in [0.1, 0.15) is 5.82 Å². The van der Waals surface area contributed by atoms with Crippen LogP contribution in [0, 0.1) is 19.7 Å². The Hall–Kier alpha value is -3.86. The van der Waals surface area contributed by atoms with Gasteiger partial charge in [0, 0.05) is 35.9 Å². The number of nitrogens with one attached hydrogen (secondary N) is 3. The SMILES string of the molecule is C=C(NC)c1cccc(-c2ccc(C(=O)NCCc3c(C)[nH]c4c(F)c(C)ccc34)cc2)c1. The second-order valence-corrected chi connectivity index (χ2v) is 8.24. The van der Waals surface area contributed by atoms with Crippen LogP contribution in [-0.2, 0) is 6.42 Å². The number of rotatable bonds is 7. The van der Waals surface area contributed by atoms with Crippen molar-refractivity contribution in [1.82, 2.24) is 15.6 Å². The van der Waals surface area contributed by atoms with Crippen molar-refractivity contribution in [2.24, 2.45) is 0 Å². The zero-order valence-electron chi connectivity index (χ0n) is 19.2. The molecule has 33 heavy (non-hydrogen) atoms. The maximum atomic E-state index is 14.4. The van der Waals surface area contributed by atoms with E-state index in [0.717, 1.165) is 39.0 Å². The fourth-order valence-electron chi connectivity index (χ4n) is 4.09. The molecule has 1 aromatic heterocycles. The lowest BCUT2D eigenvalue weighted by molar-refractivity contribution is 0.0954. The second-order valence-electron chi connectivity index (χ2n) is 8.24. The maximum absolute atomic E-state index is 14.4. The topological polar surface area (TPSA) is 56.9 Å². The summed E-state index contributed by atoms with van der Waals surface area (Å²) in [7, 11) is 1.85. The molecular formula is C28H28FN3O. The van der Waals surface area contributed by atoms with E-state index in [-0.39, 0.29) is 11.7 Å². The molecule has 0 saturated heterocycles. The lowest BCUT2D eigenvalue weighted by atomic mass is 10.0. The fourth-order valence-corrected chi connectivity index (χ4v) is 4.09. The van der Waals surface area contributed by atoms with Gasteiger partial charge in [-0.3, -0.25) is 4.79 Å². The molecule has 0 spiro atoms. The minimum atomic E-state index is -0.216. The Labute approximate surface area is 193 Å². The van der Waals surface area contributed by atoms with Crippen molar-refractivity contribution in [2.75, 3.05) is 13.6 Å². The number of benzene rings is 3. The van der Waals surface area contributed by atoms with Crippen LogP contribution in [0.2, 0.25) is 0 Å². The molecule has 5 heteroatoms. The summed E-state index contributed by atoms with van der Waals surface area (Å²) in [5.41, 5.74) is 7.69. The average molecular weight is 442 g/mol. The summed E-state index contributed by atoms with van der Waals surface area (Å²) >= 11 is 0. The van der Waals surface area contributed by atoms with Crippen molar-refractivity contribution in [3.05, 3.63) is 101 Å². The van der Waals surface area contributed by atoms with Gasteiger partial charge in [-0.25, -0.2) is 4.39 Å². The van der Waals surface area contributed by atoms with Crippen molar-refractivity contribution in [3.63, 3.8) is 0 Å². The molecule has 0 aliphatic carbocycles. The quantitative estimate of drug-likeness (QED) is 0.342. The normalized spacial score (nSPS) is 10.9. The molecule has 0 aliphatic rings. The lowest BCUT2D eigenvalue weighted by Crippen LogP contribution is -2.25. The van der Waals surface area contributed by atoms with Gasteiger partial charge in [0.25, 0.3) is 5.91 Å². The Morgan fingerprint density at radius 1 is 1.00 bits per heavy atom. The Bertz CT molecular complexity index is 1340. The molecule has 0 saturated carbocycles. The first-order valence-corrected chi connectivity index (χ1v) is 11.0. The number of aryl methyl sites for hydroxylation is 2. The van der Waals surface area contributed by atoms with Crippen LogP contribution in [0.15, 0.2) is 67.2 Å². The fraction of sp³-hybridized carbons (Fsp3) is 0.179. The van der Waals surface area contributed by atoms with Gasteiger partial charge in [-0.15, -0.1) is 0 Å². The van der Waals surface area contributed by atoms with Crippen molar-refractivity contribution in [3.8, 4) is 11.1 Å². The summed E-state index contributed by atoms with van der Waals surface area (Å²) in [5, 5.41) is 6.92. The number of aromatic amines is 1. The Morgan fingerprint density at radius 3 is 2.48 bits per heavy atom. The minimum absolute atomic E-state index is 0.126. The zero-order chi connectivity index (χ0) is 23.5. The molecule has 0 radical (unpaired) electrons. The number of aromatic nitrogens is 1. The number of hydrogen-bond acceptors (Lipinski definition) is 2. The minimum Gasteiger partial charge on any atom is -0.388 e. The summed E-state index contributed by atoms with van der Waals surface area (Å²) in [5.74, 6) is -0.342. The standard InChI is InChI=1S/C28H28FN3O/c1-17-8-13-25-24(19(3)32-27(25)26(17)29)14-15-31-28(33)21-11-9-20(10-12-21)23-7-5-6-22(16-23)18(2)30-4/h5-13,16,30,32H,2,14-15H2,1,3-4H3,(H,31,33). The number of carbonyl (C=O) groups is 1. The van der Waals surface area contributed by atoms with Crippen LogP contribution < -0.4 is 10.6 Å². The summed E-state index contributed by atoms with van der Waals surface area (Å²) in [6, 6.07) is 19.4. The molecule has 4 nitrogen and oxygen atoms in total. The summed E-state index contributed by atoms with van der Waals surface area (Å²) in [4.78, 5) is 15.8. The predicted octanol–water partition coefficient (Wildman–Crippen LogP) is 5.75. The molecule has 4 aromatic rings. The third-order valence-electron chi connectivity index (χ3n) is 6.08. The van der Waals surface area contributed by atoms with Crippen LogP contribution in [-0.4, -0.2) is 24.5 Å². The first-order valence-electron chi connectivity index (χ1n) is 11.0. The van der Waals surface area contributed by atoms with E-state index in [4.69, 9.17) is 0 Å². The molecule has 1 heterocycles. The van der Waals surface area contributed by atoms with Gasteiger partial charge in [0.05, 0.1) is 5.52 Å². The van der Waals surface area contributed by atoms with Crippen molar-refractivity contribution in [1.29, 1.82) is 0 Å². The van der Waals surface area contributed by atoms with Gasteiger partial charge in [-0.2, -0.15) is 0 Å². The van der Waals surface area contributed by atoms with E-state index in [2.05, 4.69) is 28.3 Å². The van der Waals surface area contributed by atoms with Gasteiger partial charge in [0.2, 0.25) is 0 Å². The van der Waals surface area contributed by atoms with Crippen molar-refractivity contribution < 1.29 is 9.18 Å². The van der Waals surface area contributed by atoms with Crippen LogP contribution in [0.5, 0.6) is 0 Å². The highest BCUT2D eigenvalue weighted by molar-refractivity contribution is 5.94. The highest BCUT2D eigenvalue weighted by Crippen LogP contribution is 2.27. The summed E-state index contributed by atoms with van der Waals surface area (Å²) < 4.78 is 14.4. The van der Waals surface area contributed by atoms with Gasteiger partial charge in [-0.05, 0) is 66.3 Å². The average Bonchev–Trinajstić information content (AvgIpc) is 3.16. The van der Waals surface area contributed by atoms with Gasteiger partial charge >= 0.3 is 0 Å². The number of H-pyrrole nitrogens is 1. The summed E-state index contributed by atoms with van der Waals surface area (Å²) in [6.45, 7) is 8.17. The Morgan fingerprint density at radius 2 is 1.76 bits per heavy atom. The van der Waals surface area contributed by atoms with E-state index in [0.29, 0.717) is 29.6 Å². The van der Waals surface area contributed by atoms with Crippen LogP contribution in [0.1, 0.15) is 32.7 Å². The lowest BCUT2D eigenvalue weighted by Gasteiger charge is -2.09. The van der Waals surface area contributed by atoms with E-state index in [9.17, 15) is 9.18 Å². The van der Waals surface area contributed by atoms with Crippen LogP contribution in [0.4, 0.5) is 4.39 Å². The van der Waals surface area contributed by atoms with E-state index >= 15 is 0 Å². The van der Waals surface area contributed by atoms with Crippen molar-refractivity contribution in [2.45, 2.75) is 20.3 Å². The van der Waals surface area contributed by atoms with E-state index < -0.39 is 0 Å². The molecular weight excluding hydrogens is 413 g/mol. The summed E-state index contributed by atoms with van der Waals surface area (Å²) in [6.07, 6.45) is 0.625. The van der Waals surface area contributed by atoms with Gasteiger partial charge in [0.15, 0.2) is 0 Å². The maximum Gasteiger partial charge on any atom is 0.251 e. The number of fused-ring (bicyclic) bond motifs is 1. The largest absolute Gasteiger partial charge is 0.388 e. The molecule has 3 aromatic carbocycles. The molecule has 0 unspecified atom stereocenters. The number of amides is 1. The number of hydrogen-bond donors (Lipinski definition) is 3. The zero-order valence-corrected chi connectivity index (χ0v) is 19.2. The molecule has 4 rings (SSSR count). The molecule has 3 N–H and O–H groups in total. The molecule has 0 bridgehead atoms. The van der Waals surface area contributed by atoms with Gasteiger partial charge in [-0.1, -0.05) is 49.0 Å². The van der Waals surface area contributed by atoms with E-state index in [1.54, 1.807) is 13.0 Å². The molecule has 168 valence electrons. The predicted molar refractivity (Wildman–Crippen MR) is 134 cm³/mol. The molecule has 1 amide bonds. The first-order chi connectivity index (χ1) is 15.9. The highest BCUT2D eigenvalue weighted by atomic mass is 19.1. The highest BCUT2D eigenvalue weighted by Gasteiger charge is 2.14. The molecule has 0 fully saturated rings. The number of carbonyl (C=O) groups excluding carboxylic acids is 1. The number of halogens is 1. The van der Waals surface area contributed by atoms with E-state index in [1.165, 1.54) is 0 Å². The van der Waals surface area contributed by atoms with Crippen LogP contribution in [0.3, 0.4) is 0 Å². The third kappa shape index (κ3) is 4.53. The third-order valence-corrected chi connectivity index (χ3v) is 6.08. The monoisotopic (exact) mass is 441 g/mol. The first kappa shape index (κ1) is 22.3. The molecule has 0 atom stereocenters. The van der Waals surface area contributed by atoms with Gasteiger partial charge < -0.3 is 15.6 Å². The van der Waals surface area contributed by atoms with Crippen molar-refractivity contribution >= 4 is 22.5 Å². The van der Waals surface area contributed by atoms with E-state index in [1.807, 2.05) is 62.5 Å². The Kier molecular flexibility index (Phi) is 6.31. The second kappa shape index (κ2) is 9.33.